The quantitative estimate of drug-likeness (QED) is 0.662. The third-order valence-corrected chi connectivity index (χ3v) is 4.76. The van der Waals surface area contributed by atoms with Crippen LogP contribution in [0.1, 0.15) is 56.8 Å². The van der Waals surface area contributed by atoms with Gasteiger partial charge < -0.3 is 15.6 Å². The summed E-state index contributed by atoms with van der Waals surface area (Å²) in [6, 6.07) is 3.12. The minimum absolute atomic E-state index is 0.233. The first-order chi connectivity index (χ1) is 10.2. The molecular weight excluding hydrogens is 280 g/mol. The Morgan fingerprint density at radius 2 is 2.09 bits per heavy atom. The van der Waals surface area contributed by atoms with Gasteiger partial charge in [-0.1, -0.05) is 20.8 Å². The predicted octanol–water partition coefficient (Wildman–Crippen LogP) is 2.02. The van der Waals surface area contributed by atoms with Crippen molar-refractivity contribution >= 4 is 5.91 Å². The van der Waals surface area contributed by atoms with Gasteiger partial charge in [0.2, 0.25) is 0 Å². The summed E-state index contributed by atoms with van der Waals surface area (Å²) in [4.78, 5) is 12.0. The van der Waals surface area contributed by atoms with Gasteiger partial charge in [-0.2, -0.15) is 4.73 Å². The van der Waals surface area contributed by atoms with Crippen molar-refractivity contribution in [2.75, 3.05) is 6.54 Å². The minimum Gasteiger partial charge on any atom is -0.619 e. The molecule has 2 N–H and O–H groups in total. The van der Waals surface area contributed by atoms with Gasteiger partial charge in [0.15, 0.2) is 12.4 Å². The molecule has 0 spiro atoms. The van der Waals surface area contributed by atoms with E-state index in [1.54, 1.807) is 6.07 Å². The maximum absolute atomic E-state index is 12.0. The van der Waals surface area contributed by atoms with Crippen LogP contribution < -0.4 is 10.0 Å². The fourth-order valence-corrected chi connectivity index (χ4v) is 3.13. The normalized spacial score (nSPS) is 25.7. The first-order valence-electron chi connectivity index (χ1n) is 7.89. The average molecular weight is 306 g/mol. The third-order valence-electron chi connectivity index (χ3n) is 4.76. The van der Waals surface area contributed by atoms with Crippen molar-refractivity contribution in [2.45, 2.75) is 52.1 Å². The Balaban J connectivity index is 1.88. The van der Waals surface area contributed by atoms with Gasteiger partial charge in [0.25, 0.3) is 5.91 Å². The Labute approximate surface area is 131 Å². The molecule has 1 aliphatic carbocycles. The number of nitrogens with one attached hydrogen (secondary N) is 1. The number of carbonyl (C=O) groups excluding carboxylic acids is 1. The van der Waals surface area contributed by atoms with Crippen LogP contribution in [0, 0.1) is 16.5 Å². The molecule has 5 heteroatoms. The summed E-state index contributed by atoms with van der Waals surface area (Å²) in [6.45, 7) is 6.93. The molecule has 0 unspecified atom stereocenters. The zero-order valence-electron chi connectivity index (χ0n) is 13.6. The van der Waals surface area contributed by atoms with E-state index >= 15 is 0 Å². The van der Waals surface area contributed by atoms with E-state index in [4.69, 9.17) is 0 Å². The summed E-state index contributed by atoms with van der Waals surface area (Å²) in [5, 5.41) is 24.6. The summed E-state index contributed by atoms with van der Waals surface area (Å²) in [5.41, 5.74) is -0.264. The van der Waals surface area contributed by atoms with Crippen LogP contribution in [0.15, 0.2) is 24.5 Å². The summed E-state index contributed by atoms with van der Waals surface area (Å²) < 4.78 is 0.595. The second kappa shape index (κ2) is 6.24. The number of aromatic nitrogens is 1. The average Bonchev–Trinajstić information content (AvgIpc) is 2.44. The topological polar surface area (TPSA) is 76.3 Å². The summed E-state index contributed by atoms with van der Waals surface area (Å²) >= 11 is 0. The van der Waals surface area contributed by atoms with E-state index in [1.165, 1.54) is 18.5 Å². The Hall–Kier alpha value is -1.62. The highest BCUT2D eigenvalue weighted by Crippen LogP contribution is 2.41. The lowest BCUT2D eigenvalue weighted by atomic mass is 9.68. The van der Waals surface area contributed by atoms with Gasteiger partial charge >= 0.3 is 0 Å². The van der Waals surface area contributed by atoms with Crippen molar-refractivity contribution in [3.8, 4) is 0 Å². The predicted molar refractivity (Wildman–Crippen MR) is 84.1 cm³/mol. The molecule has 22 heavy (non-hydrogen) atoms. The first-order valence-corrected chi connectivity index (χ1v) is 7.89. The Kier molecular flexibility index (Phi) is 4.75. The van der Waals surface area contributed by atoms with Crippen LogP contribution in [0.3, 0.4) is 0 Å². The molecule has 0 saturated heterocycles. The summed E-state index contributed by atoms with van der Waals surface area (Å²) in [6.07, 6.45) is 5.91. The van der Waals surface area contributed by atoms with Crippen molar-refractivity contribution in [2.24, 2.45) is 11.3 Å². The first kappa shape index (κ1) is 16.7. The van der Waals surface area contributed by atoms with Gasteiger partial charge in [-0.15, -0.1) is 0 Å². The van der Waals surface area contributed by atoms with E-state index in [0.29, 0.717) is 29.1 Å². The van der Waals surface area contributed by atoms with Crippen molar-refractivity contribution in [3.63, 3.8) is 0 Å². The molecule has 0 bridgehead atoms. The zero-order chi connectivity index (χ0) is 16.4. The molecule has 0 radical (unpaired) electrons. The molecule has 122 valence electrons. The molecule has 1 aliphatic rings. The number of pyridine rings is 1. The van der Waals surface area contributed by atoms with Crippen LogP contribution in [-0.4, -0.2) is 23.2 Å². The highest BCUT2D eigenvalue weighted by molar-refractivity contribution is 5.93. The van der Waals surface area contributed by atoms with Gasteiger partial charge in [0.05, 0.1) is 5.60 Å². The van der Waals surface area contributed by atoms with Crippen LogP contribution in [0.2, 0.25) is 0 Å². The maximum Gasteiger partial charge on any atom is 0.257 e. The smallest absolute Gasteiger partial charge is 0.257 e. The number of amides is 1. The Morgan fingerprint density at radius 3 is 2.64 bits per heavy atom. The molecule has 1 aromatic heterocycles. The highest BCUT2D eigenvalue weighted by Gasteiger charge is 2.37. The molecule has 5 nitrogen and oxygen atoms in total. The fraction of sp³-hybridized carbons (Fsp3) is 0.647. The molecule has 0 aliphatic heterocycles. The molecule has 1 amide bonds. The fourth-order valence-electron chi connectivity index (χ4n) is 3.13. The van der Waals surface area contributed by atoms with Gasteiger partial charge in [0.1, 0.15) is 5.56 Å². The van der Waals surface area contributed by atoms with Gasteiger partial charge in [-0.05, 0) is 43.1 Å². The number of aliphatic hydroxyl groups is 1. The van der Waals surface area contributed by atoms with Crippen LogP contribution >= 0.6 is 0 Å². The lowest BCUT2D eigenvalue weighted by Crippen LogP contribution is -2.46. The molecular formula is C17H26N2O3. The largest absolute Gasteiger partial charge is 0.619 e. The van der Waals surface area contributed by atoms with Crippen LogP contribution in [-0.2, 0) is 0 Å². The lowest BCUT2D eigenvalue weighted by Gasteiger charge is -2.41. The summed E-state index contributed by atoms with van der Waals surface area (Å²) in [7, 11) is 0. The monoisotopic (exact) mass is 306 g/mol. The third kappa shape index (κ3) is 4.19. The second-order valence-electron chi connectivity index (χ2n) is 7.50. The molecule has 0 atom stereocenters. The Morgan fingerprint density at radius 1 is 1.45 bits per heavy atom. The van der Waals surface area contributed by atoms with Gasteiger partial charge in [0, 0.05) is 12.6 Å². The number of hydrogen-bond acceptors (Lipinski definition) is 3. The summed E-state index contributed by atoms with van der Waals surface area (Å²) in [5.74, 6) is 0.286. The number of rotatable bonds is 3. The molecule has 1 saturated carbocycles. The van der Waals surface area contributed by atoms with Crippen molar-refractivity contribution in [1.29, 1.82) is 0 Å². The number of carbonyl (C=O) groups is 1. The van der Waals surface area contributed by atoms with Crippen molar-refractivity contribution < 1.29 is 14.6 Å². The molecule has 1 aromatic rings. The molecule has 1 fully saturated rings. The number of nitrogens with zero attached hydrogens (tertiary/aromatic N) is 1. The van der Waals surface area contributed by atoms with E-state index in [1.807, 2.05) is 0 Å². The second-order valence-corrected chi connectivity index (χ2v) is 7.50. The standard InChI is InChI=1S/C17H26N2O3/c1-16(2,3)14-6-8-17(21,9-7-14)12-18-15(20)13-5-4-10-19(22)11-13/h4-5,10-11,14,21H,6-9,12H2,1-3H3,(H,18,20). The molecule has 2 rings (SSSR count). The van der Waals surface area contributed by atoms with E-state index < -0.39 is 5.60 Å². The van der Waals surface area contributed by atoms with Crippen molar-refractivity contribution in [3.05, 3.63) is 35.3 Å². The SMILES string of the molecule is CC(C)(C)C1CCC(O)(CNC(=O)c2ccc[n+]([O-])c2)CC1. The lowest BCUT2D eigenvalue weighted by molar-refractivity contribution is -0.605. The maximum atomic E-state index is 12.0. The van der Waals surface area contributed by atoms with Gasteiger partial charge in [-0.3, -0.25) is 4.79 Å². The van der Waals surface area contributed by atoms with Crippen LogP contribution in [0.5, 0.6) is 0 Å². The zero-order valence-corrected chi connectivity index (χ0v) is 13.6. The van der Waals surface area contributed by atoms with E-state index in [9.17, 15) is 15.1 Å². The van der Waals surface area contributed by atoms with Crippen molar-refractivity contribution in [1.82, 2.24) is 5.32 Å². The van der Waals surface area contributed by atoms with Crippen LogP contribution in [0.25, 0.3) is 0 Å². The molecule has 1 heterocycles. The van der Waals surface area contributed by atoms with E-state index in [-0.39, 0.29) is 17.9 Å². The van der Waals surface area contributed by atoms with E-state index in [0.717, 1.165) is 12.8 Å². The Bertz CT molecular complexity index is 529. The van der Waals surface area contributed by atoms with E-state index in [2.05, 4.69) is 26.1 Å². The minimum atomic E-state index is -0.834. The van der Waals surface area contributed by atoms with Crippen LogP contribution in [0.4, 0.5) is 0 Å². The van der Waals surface area contributed by atoms with Gasteiger partial charge in [-0.25, -0.2) is 0 Å². The number of hydrogen-bond donors (Lipinski definition) is 2. The molecule has 0 aromatic carbocycles. The highest BCUT2D eigenvalue weighted by atomic mass is 16.5.